The van der Waals surface area contributed by atoms with Crippen molar-refractivity contribution in [2.75, 3.05) is 12.5 Å². The Hall–Kier alpha value is 1.04. The summed E-state index contributed by atoms with van der Waals surface area (Å²) in [7, 11) is 0. The average Bonchev–Trinajstić information content (AvgIpc) is 3.09. The van der Waals surface area contributed by atoms with Crippen LogP contribution in [0.1, 0.15) is 0 Å². The second kappa shape index (κ2) is 6.89. The van der Waals surface area contributed by atoms with Gasteiger partial charge in [-0.1, -0.05) is 47.6 Å². The normalized spacial score (nSPS) is 12.0. The van der Waals surface area contributed by atoms with Gasteiger partial charge in [-0.25, -0.2) is 0 Å². The molecule has 124 valence electrons. The van der Waals surface area contributed by atoms with Crippen LogP contribution < -0.4 is 0 Å². The van der Waals surface area contributed by atoms with Crippen molar-refractivity contribution in [2.24, 2.45) is 0 Å². The smallest absolute Gasteiger partial charge is 0.127 e. The predicted octanol–water partition coefficient (Wildman–Crippen LogP) is 9.60. The lowest BCUT2D eigenvalue weighted by Gasteiger charge is -2.13. The van der Waals surface area contributed by atoms with Crippen molar-refractivity contribution >= 4 is 146 Å². The van der Waals surface area contributed by atoms with E-state index in [0.717, 1.165) is 55.7 Å². The molecule has 0 aliphatic heterocycles. The van der Waals surface area contributed by atoms with E-state index in [9.17, 15) is 0 Å². The molecule has 4 aromatic rings. The molecule has 0 unspecified atom stereocenters. The third-order valence-corrected chi connectivity index (χ3v) is 11.8. The van der Waals surface area contributed by atoms with Crippen molar-refractivity contribution in [2.45, 2.75) is 9.79 Å². The molecule has 0 fully saturated rings. The van der Waals surface area contributed by atoms with Crippen LogP contribution in [0.2, 0.25) is 10.0 Å². The molecular formula is C14H6Cl2S8. The van der Waals surface area contributed by atoms with Gasteiger partial charge in [0.25, 0.3) is 0 Å². The first-order valence-electron chi connectivity index (χ1n) is 6.39. The number of benzene rings is 2. The van der Waals surface area contributed by atoms with Gasteiger partial charge in [-0.05, 0) is 12.5 Å². The fraction of sp³-hybridized carbons (Fsp3) is 0.143. The second-order valence-corrected chi connectivity index (χ2v) is 13.5. The zero-order valence-electron chi connectivity index (χ0n) is 12.0. The molecule has 10 heteroatoms. The van der Waals surface area contributed by atoms with Crippen molar-refractivity contribution in [1.82, 2.24) is 0 Å². The lowest BCUT2D eigenvalue weighted by molar-refractivity contribution is 1.62. The summed E-state index contributed by atoms with van der Waals surface area (Å²) in [4.78, 5) is 2.16. The minimum Gasteiger partial charge on any atom is -0.127 e. The summed E-state index contributed by atoms with van der Waals surface area (Å²) in [6.07, 6.45) is 4.09. The van der Waals surface area contributed by atoms with Crippen LogP contribution in [-0.2, 0) is 0 Å². The van der Waals surface area contributed by atoms with Crippen LogP contribution in [-0.4, -0.2) is 12.5 Å². The van der Waals surface area contributed by atoms with Gasteiger partial charge in [-0.2, -0.15) is 0 Å². The highest BCUT2D eigenvalue weighted by Crippen LogP contribution is 2.54. The lowest BCUT2D eigenvalue weighted by Crippen LogP contribution is -1.85. The molecule has 0 aliphatic rings. The number of rotatable bonds is 2. The maximum absolute atomic E-state index is 6.85. The van der Waals surface area contributed by atoms with E-state index in [2.05, 4.69) is 0 Å². The highest BCUT2D eigenvalue weighted by molar-refractivity contribution is 7.99. The minimum absolute atomic E-state index is 0.762. The summed E-state index contributed by atoms with van der Waals surface area (Å²) in [6, 6.07) is 0. The van der Waals surface area contributed by atoms with E-state index >= 15 is 0 Å². The molecule has 0 atom stereocenters. The third kappa shape index (κ3) is 2.65. The van der Waals surface area contributed by atoms with Gasteiger partial charge < -0.3 is 0 Å². The fourth-order valence-corrected chi connectivity index (χ4v) is 11.2. The molecule has 2 aromatic carbocycles. The number of thioether (sulfide) groups is 2. The number of hydrogen-bond donors (Lipinski definition) is 0. The van der Waals surface area contributed by atoms with Crippen LogP contribution in [0.25, 0.3) is 29.6 Å². The molecule has 0 bridgehead atoms. The van der Waals surface area contributed by atoms with Gasteiger partial charge in [0.05, 0.1) is 28.8 Å². The summed E-state index contributed by atoms with van der Waals surface area (Å²) in [6.45, 7) is 0. The Bertz CT molecular complexity index is 1140. The van der Waals surface area contributed by atoms with Crippen LogP contribution in [0, 0.1) is 6.28 Å². The van der Waals surface area contributed by atoms with Gasteiger partial charge in [-0.15, -0.1) is 68.9 Å². The van der Waals surface area contributed by atoms with E-state index in [-0.39, 0.29) is 0 Å². The number of halogens is 2. The van der Waals surface area contributed by atoms with Crippen LogP contribution in [0.3, 0.4) is 0 Å². The van der Waals surface area contributed by atoms with Gasteiger partial charge in [-0.3, -0.25) is 0 Å². The third-order valence-electron chi connectivity index (χ3n) is 3.52. The summed E-state index contributed by atoms with van der Waals surface area (Å²) in [5.41, 5.74) is 0. The number of hydrogen-bond acceptors (Lipinski definition) is 8. The molecule has 0 spiro atoms. The Balaban J connectivity index is 2.47. The average molecular weight is 502 g/mol. The Morgan fingerprint density at radius 2 is 1.00 bits per heavy atom. The largest absolute Gasteiger partial charge is 0.144 e. The quantitative estimate of drug-likeness (QED) is 0.198. The van der Waals surface area contributed by atoms with E-state index in [4.69, 9.17) is 47.6 Å². The van der Waals surface area contributed by atoms with Crippen LogP contribution >= 0.6 is 117 Å². The van der Waals surface area contributed by atoms with Gasteiger partial charge in [0.1, 0.15) is 6.28 Å². The first-order chi connectivity index (χ1) is 11.5. The molecule has 0 N–H and O–H groups in total. The van der Waals surface area contributed by atoms with Crippen molar-refractivity contribution < 1.29 is 0 Å². The van der Waals surface area contributed by atoms with Crippen LogP contribution in [0.5, 0.6) is 0 Å². The molecule has 24 heavy (non-hydrogen) atoms. The summed E-state index contributed by atoms with van der Waals surface area (Å²) < 4.78 is 6.34. The highest BCUT2D eigenvalue weighted by atomic mass is 35.5. The topological polar surface area (TPSA) is 0 Å². The first-order valence-corrected chi connectivity index (χ1v) is 13.7. The molecule has 0 radical (unpaired) electrons. The lowest BCUT2D eigenvalue weighted by atomic mass is 10.1. The van der Waals surface area contributed by atoms with Gasteiger partial charge in [0.15, 0.2) is 0 Å². The molecule has 0 nitrogen and oxygen atoms in total. The molecule has 0 amide bonds. The van der Waals surface area contributed by atoms with Crippen molar-refractivity contribution in [3.63, 3.8) is 0 Å². The van der Waals surface area contributed by atoms with E-state index in [1.54, 1.807) is 68.9 Å². The van der Waals surface area contributed by atoms with E-state index in [1.165, 1.54) is 0 Å². The Labute approximate surface area is 182 Å². The maximum atomic E-state index is 6.85. The SMILES string of the molecule is CSc1c(Cl)c2c3sc(=S)sc3c(SC)c(Cl)c2c2sc(=S)sc12. The summed E-state index contributed by atoms with van der Waals surface area (Å²) >= 11 is 34.4. The van der Waals surface area contributed by atoms with Crippen LogP contribution in [0.15, 0.2) is 9.79 Å². The maximum Gasteiger partial charge on any atom is 0.144 e. The molecule has 0 saturated carbocycles. The molecular weight excluding hydrogens is 496 g/mol. The Kier molecular flexibility index (Phi) is 5.28. The first kappa shape index (κ1) is 18.4. The van der Waals surface area contributed by atoms with E-state index in [0.29, 0.717) is 0 Å². The molecule has 0 saturated heterocycles. The van der Waals surface area contributed by atoms with Crippen molar-refractivity contribution in [1.29, 1.82) is 0 Å². The van der Waals surface area contributed by atoms with Crippen molar-refractivity contribution in [3.05, 3.63) is 16.3 Å². The van der Waals surface area contributed by atoms with Gasteiger partial charge in [0.2, 0.25) is 0 Å². The second-order valence-electron chi connectivity index (χ2n) is 4.67. The standard InChI is InChI=1S/C14H6Cl2S8/c1-19-9-5(15)3-4(7-11(9)23-13(17)21-7)6(16)10(20-2)12-8(3)22-14(18)24-12/h1-2H3. The number of fused-ring (bicyclic) bond motifs is 5. The minimum atomic E-state index is 0.762. The van der Waals surface area contributed by atoms with Gasteiger partial charge in [0, 0.05) is 20.6 Å². The molecule has 2 aromatic heterocycles. The fourth-order valence-electron chi connectivity index (χ4n) is 2.63. The monoisotopic (exact) mass is 500 g/mol. The molecule has 0 aliphatic carbocycles. The zero-order valence-corrected chi connectivity index (χ0v) is 20.1. The van der Waals surface area contributed by atoms with Crippen molar-refractivity contribution in [3.8, 4) is 0 Å². The van der Waals surface area contributed by atoms with Crippen LogP contribution in [0.4, 0.5) is 0 Å². The highest BCUT2D eigenvalue weighted by Gasteiger charge is 2.23. The molecule has 4 rings (SSSR count). The van der Waals surface area contributed by atoms with E-state index in [1.807, 2.05) is 12.5 Å². The molecule has 2 heterocycles. The predicted molar refractivity (Wildman–Crippen MR) is 126 cm³/mol. The summed E-state index contributed by atoms with van der Waals surface area (Å²) in [5.74, 6) is 0. The van der Waals surface area contributed by atoms with E-state index < -0.39 is 0 Å². The Morgan fingerprint density at radius 1 is 0.667 bits per heavy atom. The summed E-state index contributed by atoms with van der Waals surface area (Å²) in [5, 5.41) is 3.57. The zero-order chi connectivity index (χ0) is 17.2. The van der Waals surface area contributed by atoms with Gasteiger partial charge >= 0.3 is 0 Å². The Morgan fingerprint density at radius 3 is 1.33 bits per heavy atom.